The van der Waals surface area contributed by atoms with E-state index in [1.165, 1.54) is 46.7 Å². The van der Waals surface area contributed by atoms with Crippen molar-refractivity contribution in [2.75, 3.05) is 6.61 Å². The van der Waals surface area contributed by atoms with Crippen molar-refractivity contribution < 1.29 is 4.74 Å². The zero-order valence-corrected chi connectivity index (χ0v) is 16.6. The molecular weight excluding hydrogens is 330 g/mol. The molecule has 0 aromatic heterocycles. The second-order valence-corrected chi connectivity index (χ2v) is 7.26. The van der Waals surface area contributed by atoms with Gasteiger partial charge in [0.05, 0.1) is 6.61 Å². The van der Waals surface area contributed by atoms with Gasteiger partial charge < -0.3 is 10.1 Å². The van der Waals surface area contributed by atoms with E-state index < -0.39 is 0 Å². The van der Waals surface area contributed by atoms with Crippen molar-refractivity contribution >= 4 is 10.8 Å². The molecule has 3 aromatic carbocycles. The second-order valence-electron chi connectivity index (χ2n) is 7.26. The summed E-state index contributed by atoms with van der Waals surface area (Å²) >= 11 is 0. The van der Waals surface area contributed by atoms with E-state index in [-0.39, 0.29) is 0 Å². The summed E-state index contributed by atoms with van der Waals surface area (Å²) in [5.41, 5.74) is 3.87. The summed E-state index contributed by atoms with van der Waals surface area (Å²) in [5.74, 6) is 1.02. The molecule has 0 amide bonds. The minimum Gasteiger partial charge on any atom is -0.493 e. The Balaban J connectivity index is 1.69. The molecule has 0 saturated carbocycles. The van der Waals surface area contributed by atoms with Crippen molar-refractivity contribution in [2.45, 2.75) is 52.6 Å². The molecule has 0 saturated heterocycles. The Bertz CT molecular complexity index is 839. The van der Waals surface area contributed by atoms with Crippen molar-refractivity contribution in [3.63, 3.8) is 0 Å². The predicted octanol–water partition coefficient (Wildman–Crippen LogP) is 6.40. The Morgan fingerprint density at radius 1 is 0.815 bits per heavy atom. The molecule has 1 N–H and O–H groups in total. The van der Waals surface area contributed by atoms with Crippen LogP contribution in [0.1, 0.15) is 49.3 Å². The average molecular weight is 362 g/mol. The van der Waals surface area contributed by atoms with Crippen molar-refractivity contribution in [3.05, 3.63) is 77.4 Å². The maximum absolute atomic E-state index is 6.17. The molecule has 0 radical (unpaired) electrons. The molecule has 0 unspecified atom stereocenters. The van der Waals surface area contributed by atoms with Crippen molar-refractivity contribution in [3.8, 4) is 5.75 Å². The number of rotatable bonds is 10. The first kappa shape index (κ1) is 19.4. The maximum atomic E-state index is 6.17. The summed E-state index contributed by atoms with van der Waals surface area (Å²) in [5, 5.41) is 6.15. The van der Waals surface area contributed by atoms with Crippen LogP contribution < -0.4 is 10.1 Å². The van der Waals surface area contributed by atoms with E-state index >= 15 is 0 Å². The normalized spacial score (nSPS) is 11.0. The molecule has 2 heteroatoms. The molecule has 3 aromatic rings. The number of unbranched alkanes of at least 4 members (excludes halogenated alkanes) is 3. The number of nitrogens with one attached hydrogen (secondary N) is 1. The highest BCUT2D eigenvalue weighted by atomic mass is 16.5. The molecule has 0 fully saturated rings. The largest absolute Gasteiger partial charge is 0.493 e. The van der Waals surface area contributed by atoms with E-state index in [4.69, 9.17) is 4.74 Å². The van der Waals surface area contributed by atoms with Gasteiger partial charge in [0.1, 0.15) is 5.75 Å². The predicted molar refractivity (Wildman–Crippen MR) is 115 cm³/mol. The van der Waals surface area contributed by atoms with Gasteiger partial charge in [-0.3, -0.25) is 0 Å². The van der Waals surface area contributed by atoms with Crippen LogP contribution in [0.5, 0.6) is 5.75 Å². The molecule has 27 heavy (non-hydrogen) atoms. The summed E-state index contributed by atoms with van der Waals surface area (Å²) in [7, 11) is 0. The molecule has 0 aliphatic rings. The average Bonchev–Trinajstić information content (AvgIpc) is 2.70. The number of fused-ring (bicyclic) bond motifs is 1. The van der Waals surface area contributed by atoms with Gasteiger partial charge in [-0.2, -0.15) is 0 Å². The fraction of sp³-hybridized carbons (Fsp3) is 0.360. The molecule has 3 rings (SSSR count). The first-order chi connectivity index (χ1) is 13.3. The third kappa shape index (κ3) is 5.58. The van der Waals surface area contributed by atoms with Crippen LogP contribution in [-0.2, 0) is 13.1 Å². The molecule has 0 atom stereocenters. The van der Waals surface area contributed by atoms with Gasteiger partial charge in [-0.05, 0) is 35.7 Å². The summed E-state index contributed by atoms with van der Waals surface area (Å²) < 4.78 is 6.17. The maximum Gasteiger partial charge on any atom is 0.124 e. The first-order valence-corrected chi connectivity index (χ1v) is 10.2. The zero-order chi connectivity index (χ0) is 18.9. The summed E-state index contributed by atoms with van der Waals surface area (Å²) in [6.45, 7) is 6.82. The number of hydrogen-bond acceptors (Lipinski definition) is 2. The molecule has 2 nitrogen and oxygen atoms in total. The van der Waals surface area contributed by atoms with E-state index in [9.17, 15) is 0 Å². The van der Waals surface area contributed by atoms with Gasteiger partial charge in [-0.15, -0.1) is 0 Å². The Morgan fingerprint density at radius 2 is 1.63 bits per heavy atom. The molecule has 0 bridgehead atoms. The fourth-order valence-electron chi connectivity index (χ4n) is 3.38. The van der Waals surface area contributed by atoms with Gasteiger partial charge in [-0.1, -0.05) is 86.3 Å². The van der Waals surface area contributed by atoms with Crippen LogP contribution in [-0.4, -0.2) is 6.61 Å². The minimum absolute atomic E-state index is 0.795. The van der Waals surface area contributed by atoms with E-state index in [0.29, 0.717) is 0 Å². The Morgan fingerprint density at radius 3 is 2.44 bits per heavy atom. The van der Waals surface area contributed by atoms with Crippen molar-refractivity contribution in [1.29, 1.82) is 0 Å². The number of benzene rings is 3. The number of ether oxygens (including phenoxy) is 1. The van der Waals surface area contributed by atoms with Gasteiger partial charge in [0, 0.05) is 18.7 Å². The summed E-state index contributed by atoms with van der Waals surface area (Å²) in [6.07, 6.45) is 4.90. The Kier molecular flexibility index (Phi) is 7.29. The van der Waals surface area contributed by atoms with Gasteiger partial charge >= 0.3 is 0 Å². The van der Waals surface area contributed by atoms with E-state index in [1.807, 2.05) is 0 Å². The Labute approximate surface area is 163 Å². The highest BCUT2D eigenvalue weighted by Crippen LogP contribution is 2.28. The van der Waals surface area contributed by atoms with Crippen molar-refractivity contribution in [2.24, 2.45) is 0 Å². The zero-order valence-electron chi connectivity index (χ0n) is 16.6. The van der Waals surface area contributed by atoms with Gasteiger partial charge in [0.25, 0.3) is 0 Å². The first-order valence-electron chi connectivity index (χ1n) is 10.2. The lowest BCUT2D eigenvalue weighted by atomic mass is 10.0. The number of aryl methyl sites for hydroxylation is 1. The van der Waals surface area contributed by atoms with Gasteiger partial charge in [-0.25, -0.2) is 0 Å². The molecule has 142 valence electrons. The standard InChI is InChI=1S/C25H31NO/c1-3-4-5-8-17-27-25-16-15-22-9-6-7-10-23(22)24(25)19-26-18-21-13-11-20(2)12-14-21/h6-7,9-16,26H,3-5,8,17-19H2,1-2H3. The van der Waals surface area contributed by atoms with E-state index in [2.05, 4.69) is 79.8 Å². The monoisotopic (exact) mass is 361 g/mol. The molecular formula is C25H31NO. The van der Waals surface area contributed by atoms with Gasteiger partial charge in [0.2, 0.25) is 0 Å². The highest BCUT2D eigenvalue weighted by Gasteiger charge is 2.09. The highest BCUT2D eigenvalue weighted by molar-refractivity contribution is 5.87. The van der Waals surface area contributed by atoms with Crippen molar-refractivity contribution in [1.82, 2.24) is 5.32 Å². The molecule has 0 spiro atoms. The van der Waals surface area contributed by atoms with Crippen LogP contribution in [0.15, 0.2) is 60.7 Å². The third-order valence-electron chi connectivity index (χ3n) is 5.00. The number of hydrogen-bond donors (Lipinski definition) is 1. The third-order valence-corrected chi connectivity index (χ3v) is 5.00. The lowest BCUT2D eigenvalue weighted by molar-refractivity contribution is 0.302. The van der Waals surface area contributed by atoms with E-state index in [1.54, 1.807) is 0 Å². The topological polar surface area (TPSA) is 21.3 Å². The van der Waals surface area contributed by atoms with E-state index in [0.717, 1.165) is 31.9 Å². The van der Waals surface area contributed by atoms with Crippen LogP contribution >= 0.6 is 0 Å². The van der Waals surface area contributed by atoms with Crippen LogP contribution in [0.3, 0.4) is 0 Å². The summed E-state index contributed by atoms with van der Waals surface area (Å²) in [6, 6.07) is 21.6. The van der Waals surface area contributed by atoms with Crippen LogP contribution in [0.2, 0.25) is 0 Å². The van der Waals surface area contributed by atoms with Crippen LogP contribution in [0.4, 0.5) is 0 Å². The molecule has 0 aliphatic heterocycles. The van der Waals surface area contributed by atoms with Crippen LogP contribution in [0, 0.1) is 6.92 Å². The molecule has 0 aliphatic carbocycles. The lowest BCUT2D eigenvalue weighted by Gasteiger charge is -2.15. The van der Waals surface area contributed by atoms with Crippen LogP contribution in [0.25, 0.3) is 10.8 Å². The summed E-state index contributed by atoms with van der Waals surface area (Å²) in [4.78, 5) is 0. The Hall–Kier alpha value is -2.32. The lowest BCUT2D eigenvalue weighted by Crippen LogP contribution is -2.14. The SMILES string of the molecule is CCCCCCOc1ccc2ccccc2c1CNCc1ccc(C)cc1. The quantitative estimate of drug-likeness (QED) is 0.422. The smallest absolute Gasteiger partial charge is 0.124 e. The minimum atomic E-state index is 0.795. The fourth-order valence-corrected chi connectivity index (χ4v) is 3.38. The molecule has 0 heterocycles. The van der Waals surface area contributed by atoms with Gasteiger partial charge in [0.15, 0.2) is 0 Å². The second kappa shape index (κ2) is 10.1.